The number of hydrogen-bond donors (Lipinski definition) is 0. The second kappa shape index (κ2) is 13.8. The second-order valence-electron chi connectivity index (χ2n) is 6.20. The first-order valence-corrected chi connectivity index (χ1v) is 9.69. The van der Waals surface area contributed by atoms with Crippen molar-refractivity contribution in [3.8, 4) is 5.75 Å². The Bertz CT molecular complexity index is 659. The molecule has 0 saturated heterocycles. The zero-order valence-corrected chi connectivity index (χ0v) is 16.3. The summed E-state index contributed by atoms with van der Waals surface area (Å²) >= 11 is 0. The van der Waals surface area contributed by atoms with Crippen LogP contribution in [-0.2, 0) is 14.3 Å². The lowest BCUT2D eigenvalue weighted by atomic mass is 10.1. The number of esters is 1. The van der Waals surface area contributed by atoms with Gasteiger partial charge in [-0.05, 0) is 44.8 Å². The summed E-state index contributed by atoms with van der Waals surface area (Å²) in [5.74, 6) is 0.163. The minimum absolute atomic E-state index is 0.000123. The van der Waals surface area contributed by atoms with E-state index in [-0.39, 0.29) is 28.7 Å². The lowest BCUT2D eigenvalue weighted by molar-refractivity contribution is -0.143. The van der Waals surface area contributed by atoms with Gasteiger partial charge in [-0.1, -0.05) is 19.8 Å². The van der Waals surface area contributed by atoms with E-state index in [0.29, 0.717) is 38.9 Å². The molecule has 0 atom stereocenters. The average Bonchev–Trinajstić information content (AvgIpc) is 2.64. The van der Waals surface area contributed by atoms with Crippen molar-refractivity contribution in [2.75, 3.05) is 13.2 Å². The average molecular weight is 378 g/mol. The van der Waals surface area contributed by atoms with Crippen LogP contribution >= 0.6 is 0 Å². The number of carbonyl (C=O) groups is 2. The molecule has 0 unspecified atom stereocenters. The maximum atomic E-state index is 12.0. The summed E-state index contributed by atoms with van der Waals surface area (Å²) in [6.45, 7) is 4.59. The number of rotatable bonds is 14. The molecular weight excluding hydrogens is 348 g/mol. The van der Waals surface area contributed by atoms with Crippen LogP contribution in [0.1, 0.15) is 71.0 Å². The molecule has 0 aromatic carbocycles. The van der Waals surface area contributed by atoms with Gasteiger partial charge >= 0.3 is 5.97 Å². The Morgan fingerprint density at radius 2 is 1.85 bits per heavy atom. The molecule has 27 heavy (non-hydrogen) atoms. The van der Waals surface area contributed by atoms with E-state index < -0.39 is 0 Å². The summed E-state index contributed by atoms with van der Waals surface area (Å²) in [7, 11) is 0. The molecule has 1 aromatic heterocycles. The second-order valence-corrected chi connectivity index (χ2v) is 6.20. The molecule has 0 aliphatic carbocycles. The fourth-order valence-corrected chi connectivity index (χ4v) is 2.43. The van der Waals surface area contributed by atoms with Crippen LogP contribution in [-0.4, -0.2) is 25.0 Å². The van der Waals surface area contributed by atoms with Gasteiger partial charge in [0.25, 0.3) is 0 Å². The van der Waals surface area contributed by atoms with Crippen molar-refractivity contribution in [3.63, 3.8) is 0 Å². The molecule has 6 nitrogen and oxygen atoms in total. The van der Waals surface area contributed by atoms with Gasteiger partial charge in [-0.2, -0.15) is 0 Å². The fraction of sp³-hybridized carbons (Fsp3) is 0.571. The standard InChI is InChI=1S/C21H30O6/c1-3-5-7-10-17(22)12-13-19-21(18(23)14-16-26-19)27-15-9-6-8-11-20(24)25-4-2/h12-14,16H,3-11,15H2,1-2H3. The lowest BCUT2D eigenvalue weighted by Crippen LogP contribution is -2.10. The number of hydrogen-bond acceptors (Lipinski definition) is 6. The Hall–Kier alpha value is -2.37. The van der Waals surface area contributed by atoms with Crippen LogP contribution in [0.5, 0.6) is 5.75 Å². The minimum Gasteiger partial charge on any atom is -0.486 e. The van der Waals surface area contributed by atoms with Crippen molar-refractivity contribution < 1.29 is 23.5 Å². The van der Waals surface area contributed by atoms with E-state index in [0.717, 1.165) is 25.7 Å². The normalized spacial score (nSPS) is 10.9. The van der Waals surface area contributed by atoms with Crippen molar-refractivity contribution in [1.29, 1.82) is 0 Å². The maximum absolute atomic E-state index is 12.0. The highest BCUT2D eigenvalue weighted by molar-refractivity contribution is 5.93. The van der Waals surface area contributed by atoms with E-state index >= 15 is 0 Å². The van der Waals surface area contributed by atoms with E-state index in [1.807, 2.05) is 0 Å². The van der Waals surface area contributed by atoms with Gasteiger partial charge in [-0.15, -0.1) is 0 Å². The third kappa shape index (κ3) is 9.78. The number of allylic oxidation sites excluding steroid dienone is 1. The third-order valence-corrected chi connectivity index (χ3v) is 3.89. The summed E-state index contributed by atoms with van der Waals surface area (Å²) in [5.41, 5.74) is -0.286. The molecule has 0 radical (unpaired) electrons. The first-order chi connectivity index (χ1) is 13.1. The Kier molecular flexibility index (Phi) is 11.6. The Balaban J connectivity index is 2.47. The molecular formula is C21H30O6. The zero-order chi connectivity index (χ0) is 19.9. The van der Waals surface area contributed by atoms with Crippen LogP contribution in [0.2, 0.25) is 0 Å². The van der Waals surface area contributed by atoms with Crippen LogP contribution in [0.25, 0.3) is 6.08 Å². The summed E-state index contributed by atoms with van der Waals surface area (Å²) in [6, 6.07) is 1.29. The molecule has 0 saturated carbocycles. The molecule has 0 fully saturated rings. The molecule has 0 N–H and O–H groups in total. The van der Waals surface area contributed by atoms with Crippen molar-refractivity contribution in [1.82, 2.24) is 0 Å². The maximum Gasteiger partial charge on any atom is 0.305 e. The van der Waals surface area contributed by atoms with Crippen LogP contribution in [0.3, 0.4) is 0 Å². The number of ether oxygens (including phenoxy) is 2. The van der Waals surface area contributed by atoms with Crippen molar-refractivity contribution >= 4 is 17.8 Å². The smallest absolute Gasteiger partial charge is 0.305 e. The van der Waals surface area contributed by atoms with Gasteiger partial charge in [0.2, 0.25) is 11.2 Å². The summed E-state index contributed by atoms with van der Waals surface area (Å²) in [6.07, 6.45) is 10.2. The lowest BCUT2D eigenvalue weighted by Gasteiger charge is -2.07. The topological polar surface area (TPSA) is 82.8 Å². The van der Waals surface area contributed by atoms with Crippen LogP contribution < -0.4 is 10.2 Å². The van der Waals surface area contributed by atoms with Crippen LogP contribution in [0.4, 0.5) is 0 Å². The molecule has 0 bridgehead atoms. The van der Waals surface area contributed by atoms with Gasteiger partial charge in [0.05, 0.1) is 19.5 Å². The van der Waals surface area contributed by atoms with E-state index in [1.165, 1.54) is 24.5 Å². The fourth-order valence-electron chi connectivity index (χ4n) is 2.43. The third-order valence-electron chi connectivity index (χ3n) is 3.89. The molecule has 0 aliphatic heterocycles. The Morgan fingerprint density at radius 1 is 1.07 bits per heavy atom. The van der Waals surface area contributed by atoms with Gasteiger partial charge in [0.15, 0.2) is 11.5 Å². The van der Waals surface area contributed by atoms with E-state index in [2.05, 4.69) is 6.92 Å². The number of unbranched alkanes of at least 4 members (excludes halogenated alkanes) is 4. The predicted octanol–water partition coefficient (Wildman–Crippen LogP) is 4.30. The highest BCUT2D eigenvalue weighted by Gasteiger charge is 2.09. The van der Waals surface area contributed by atoms with E-state index in [4.69, 9.17) is 13.9 Å². The van der Waals surface area contributed by atoms with Gasteiger partial charge in [0, 0.05) is 18.9 Å². The summed E-state index contributed by atoms with van der Waals surface area (Å²) in [5, 5.41) is 0. The first-order valence-electron chi connectivity index (χ1n) is 9.69. The summed E-state index contributed by atoms with van der Waals surface area (Å²) < 4.78 is 15.8. The van der Waals surface area contributed by atoms with E-state index in [9.17, 15) is 14.4 Å². The van der Waals surface area contributed by atoms with Crippen molar-refractivity contribution in [2.24, 2.45) is 0 Å². The molecule has 150 valence electrons. The minimum atomic E-state index is -0.286. The highest BCUT2D eigenvalue weighted by Crippen LogP contribution is 2.16. The predicted molar refractivity (Wildman–Crippen MR) is 104 cm³/mol. The van der Waals surface area contributed by atoms with Crippen LogP contribution in [0.15, 0.2) is 27.6 Å². The number of carbonyl (C=O) groups excluding carboxylic acids is 2. The van der Waals surface area contributed by atoms with Gasteiger partial charge in [-0.3, -0.25) is 14.4 Å². The molecule has 0 aliphatic rings. The monoisotopic (exact) mass is 378 g/mol. The molecule has 1 rings (SSSR count). The quantitative estimate of drug-likeness (QED) is 0.273. The molecule has 1 heterocycles. The zero-order valence-electron chi connectivity index (χ0n) is 16.3. The van der Waals surface area contributed by atoms with Gasteiger partial charge in [-0.25, -0.2) is 0 Å². The van der Waals surface area contributed by atoms with Crippen molar-refractivity contribution in [2.45, 2.75) is 65.2 Å². The molecule has 6 heteroatoms. The van der Waals surface area contributed by atoms with E-state index in [1.54, 1.807) is 6.92 Å². The van der Waals surface area contributed by atoms with Gasteiger partial charge < -0.3 is 13.9 Å². The summed E-state index contributed by atoms with van der Waals surface area (Å²) in [4.78, 5) is 35.1. The molecule has 0 spiro atoms. The Labute approximate surface area is 160 Å². The largest absolute Gasteiger partial charge is 0.486 e. The SMILES string of the molecule is CCCCCC(=O)C=Cc1occc(=O)c1OCCCCCC(=O)OCC. The molecule has 0 amide bonds. The van der Waals surface area contributed by atoms with Crippen molar-refractivity contribution in [3.05, 3.63) is 34.4 Å². The van der Waals surface area contributed by atoms with Crippen LogP contribution in [0, 0.1) is 0 Å². The molecule has 1 aromatic rings. The Morgan fingerprint density at radius 3 is 2.59 bits per heavy atom. The highest BCUT2D eigenvalue weighted by atomic mass is 16.5. The van der Waals surface area contributed by atoms with Gasteiger partial charge in [0.1, 0.15) is 0 Å². The first kappa shape index (κ1) is 22.7. The number of ketones is 1.